The molecular weight excluding hydrogens is 254 g/mol. The average Bonchev–Trinajstić information content (AvgIpc) is 2.58. The van der Waals surface area contributed by atoms with Crippen molar-refractivity contribution in [3.63, 3.8) is 0 Å². The van der Waals surface area contributed by atoms with Crippen LogP contribution in [0.5, 0.6) is 0 Å². The van der Waals surface area contributed by atoms with E-state index in [0.29, 0.717) is 13.1 Å². The van der Waals surface area contributed by atoms with Crippen molar-refractivity contribution in [2.45, 2.75) is 53.0 Å². The molecule has 0 aromatic heterocycles. The zero-order chi connectivity index (χ0) is 15.3. The van der Waals surface area contributed by atoms with Gasteiger partial charge in [0.2, 0.25) is 0 Å². The topological polar surface area (TPSA) is 52.6 Å². The van der Waals surface area contributed by atoms with Gasteiger partial charge in [0.15, 0.2) is 0 Å². The first-order chi connectivity index (χ1) is 9.34. The maximum Gasteiger partial charge on any atom is 0.326 e. The number of amides is 3. The molecule has 5 nitrogen and oxygen atoms in total. The number of hydrogen-bond acceptors (Lipinski definition) is 3. The molecule has 1 unspecified atom stereocenters. The monoisotopic (exact) mass is 281 g/mol. The van der Waals surface area contributed by atoms with Crippen LogP contribution in [0.4, 0.5) is 4.79 Å². The van der Waals surface area contributed by atoms with Gasteiger partial charge in [-0.25, -0.2) is 9.69 Å². The summed E-state index contributed by atoms with van der Waals surface area (Å²) in [6, 6.07) is -0.276. The summed E-state index contributed by atoms with van der Waals surface area (Å²) in [5, 5.41) is 2.84. The number of nitrogens with one attached hydrogen (secondary N) is 1. The second-order valence-corrected chi connectivity index (χ2v) is 5.76. The molecule has 1 rings (SSSR count). The van der Waals surface area contributed by atoms with Crippen LogP contribution >= 0.6 is 0 Å². The highest BCUT2D eigenvalue weighted by Gasteiger charge is 2.47. The minimum atomic E-state index is -0.768. The van der Waals surface area contributed by atoms with Crippen LogP contribution in [0, 0.1) is 0 Å². The largest absolute Gasteiger partial charge is 0.326 e. The molecule has 20 heavy (non-hydrogen) atoms. The third kappa shape index (κ3) is 3.82. The highest BCUT2D eigenvalue weighted by atomic mass is 16.2. The molecule has 0 saturated carbocycles. The van der Waals surface area contributed by atoms with E-state index in [1.54, 1.807) is 0 Å². The second-order valence-electron chi connectivity index (χ2n) is 5.76. The molecule has 5 heteroatoms. The second kappa shape index (κ2) is 6.88. The van der Waals surface area contributed by atoms with Gasteiger partial charge < -0.3 is 5.32 Å². The number of carbonyl (C=O) groups excluding carboxylic acids is 2. The molecule has 1 heterocycles. The lowest BCUT2D eigenvalue weighted by molar-refractivity contribution is -0.132. The molecule has 0 radical (unpaired) electrons. The summed E-state index contributed by atoms with van der Waals surface area (Å²) in [4.78, 5) is 27.9. The minimum Gasteiger partial charge on any atom is -0.323 e. The van der Waals surface area contributed by atoms with E-state index in [9.17, 15) is 9.59 Å². The van der Waals surface area contributed by atoms with E-state index < -0.39 is 5.54 Å². The van der Waals surface area contributed by atoms with Crippen LogP contribution in [0.15, 0.2) is 11.6 Å². The molecule has 0 aliphatic carbocycles. The van der Waals surface area contributed by atoms with E-state index in [0.717, 1.165) is 19.5 Å². The summed E-state index contributed by atoms with van der Waals surface area (Å²) < 4.78 is 0. The van der Waals surface area contributed by atoms with E-state index in [1.165, 1.54) is 10.5 Å². The fraction of sp³-hybridized carbons (Fsp3) is 0.733. The predicted octanol–water partition coefficient (Wildman–Crippen LogP) is 2.34. The van der Waals surface area contributed by atoms with Gasteiger partial charge >= 0.3 is 6.03 Å². The van der Waals surface area contributed by atoms with E-state index in [-0.39, 0.29) is 11.9 Å². The van der Waals surface area contributed by atoms with Crippen molar-refractivity contribution in [1.29, 1.82) is 0 Å². The van der Waals surface area contributed by atoms with Gasteiger partial charge in [-0.05, 0) is 46.7 Å². The Hall–Kier alpha value is -1.36. The quantitative estimate of drug-likeness (QED) is 0.575. The van der Waals surface area contributed by atoms with Crippen molar-refractivity contribution in [2.75, 3.05) is 19.8 Å². The molecule has 114 valence electrons. The number of allylic oxidation sites excluding steroid dienone is 2. The van der Waals surface area contributed by atoms with Crippen LogP contribution in [0.25, 0.3) is 0 Å². The Morgan fingerprint density at radius 2 is 1.90 bits per heavy atom. The van der Waals surface area contributed by atoms with E-state index >= 15 is 0 Å². The van der Waals surface area contributed by atoms with E-state index in [2.05, 4.69) is 16.3 Å². The van der Waals surface area contributed by atoms with Crippen molar-refractivity contribution in [3.8, 4) is 0 Å². The summed E-state index contributed by atoms with van der Waals surface area (Å²) in [5.74, 6) is -0.114. The summed E-state index contributed by atoms with van der Waals surface area (Å²) in [6.07, 6.45) is 3.53. The van der Waals surface area contributed by atoms with Crippen molar-refractivity contribution >= 4 is 11.9 Å². The Morgan fingerprint density at radius 1 is 1.30 bits per heavy atom. The lowest BCUT2D eigenvalue weighted by atomic mass is 9.95. The minimum absolute atomic E-state index is 0.114. The van der Waals surface area contributed by atoms with Crippen LogP contribution in [-0.4, -0.2) is 47.0 Å². The number of imide groups is 1. The Labute approximate surface area is 122 Å². The summed E-state index contributed by atoms with van der Waals surface area (Å²) in [5.41, 5.74) is 0.460. The van der Waals surface area contributed by atoms with Crippen molar-refractivity contribution in [2.24, 2.45) is 0 Å². The molecule has 1 aliphatic rings. The number of hydrogen-bond donors (Lipinski definition) is 1. The van der Waals surface area contributed by atoms with E-state index in [4.69, 9.17) is 0 Å². The first kappa shape index (κ1) is 16.7. The van der Waals surface area contributed by atoms with Gasteiger partial charge in [0.25, 0.3) is 5.91 Å². The Kier molecular flexibility index (Phi) is 5.74. The van der Waals surface area contributed by atoms with Crippen LogP contribution in [0.3, 0.4) is 0 Å². The third-order valence-electron chi connectivity index (χ3n) is 3.78. The van der Waals surface area contributed by atoms with Crippen LogP contribution in [0.1, 0.15) is 47.5 Å². The normalized spacial score (nSPS) is 22.4. The zero-order valence-corrected chi connectivity index (χ0v) is 13.3. The standard InChI is InChI=1S/C15H27N3O2/c1-6-17(7-2)11-18-13(19)15(5,16-14(18)20)10-8-9-12(3)4/h9H,6-8,10-11H2,1-5H3,(H,16,20). The number of carbonyl (C=O) groups is 2. The van der Waals surface area contributed by atoms with Gasteiger partial charge in [-0.1, -0.05) is 25.5 Å². The highest BCUT2D eigenvalue weighted by Crippen LogP contribution is 2.23. The maximum absolute atomic E-state index is 12.5. The van der Waals surface area contributed by atoms with Crippen LogP contribution < -0.4 is 5.32 Å². The van der Waals surface area contributed by atoms with Crippen LogP contribution in [-0.2, 0) is 4.79 Å². The first-order valence-corrected chi connectivity index (χ1v) is 7.34. The molecule has 0 aromatic rings. The molecule has 1 saturated heterocycles. The van der Waals surface area contributed by atoms with Gasteiger partial charge in [0.1, 0.15) is 5.54 Å². The van der Waals surface area contributed by atoms with Crippen LogP contribution in [0.2, 0.25) is 0 Å². The summed E-state index contributed by atoms with van der Waals surface area (Å²) in [6.45, 7) is 11.9. The lowest BCUT2D eigenvalue weighted by Gasteiger charge is -2.25. The Morgan fingerprint density at radius 3 is 2.40 bits per heavy atom. The smallest absolute Gasteiger partial charge is 0.323 e. The molecule has 0 bridgehead atoms. The molecule has 1 N–H and O–H groups in total. The summed E-state index contributed by atoms with van der Waals surface area (Å²) >= 11 is 0. The Balaban J connectivity index is 2.72. The predicted molar refractivity (Wildman–Crippen MR) is 80.2 cm³/mol. The van der Waals surface area contributed by atoms with Gasteiger partial charge in [-0.2, -0.15) is 0 Å². The van der Waals surface area contributed by atoms with Gasteiger partial charge in [0.05, 0.1) is 6.67 Å². The Bertz CT molecular complexity index is 398. The highest BCUT2D eigenvalue weighted by molar-refractivity contribution is 6.06. The number of rotatable bonds is 7. The molecule has 3 amide bonds. The fourth-order valence-electron chi connectivity index (χ4n) is 2.32. The average molecular weight is 281 g/mol. The molecule has 1 fully saturated rings. The van der Waals surface area contributed by atoms with Gasteiger partial charge in [0, 0.05) is 0 Å². The lowest BCUT2D eigenvalue weighted by Crippen LogP contribution is -2.45. The maximum atomic E-state index is 12.5. The number of urea groups is 1. The van der Waals surface area contributed by atoms with Crippen molar-refractivity contribution in [1.82, 2.24) is 15.1 Å². The SMILES string of the molecule is CCN(CC)CN1C(=O)NC(C)(CCC=C(C)C)C1=O. The van der Waals surface area contributed by atoms with Gasteiger partial charge in [-0.3, -0.25) is 9.69 Å². The fourth-order valence-corrected chi connectivity index (χ4v) is 2.32. The first-order valence-electron chi connectivity index (χ1n) is 7.34. The van der Waals surface area contributed by atoms with Gasteiger partial charge in [-0.15, -0.1) is 0 Å². The molecule has 0 spiro atoms. The third-order valence-corrected chi connectivity index (χ3v) is 3.78. The molecular formula is C15H27N3O2. The molecule has 1 atom stereocenters. The summed E-state index contributed by atoms with van der Waals surface area (Å²) in [7, 11) is 0. The zero-order valence-electron chi connectivity index (χ0n) is 13.3. The van der Waals surface area contributed by atoms with Crippen molar-refractivity contribution in [3.05, 3.63) is 11.6 Å². The molecule has 0 aromatic carbocycles. The number of nitrogens with zero attached hydrogens (tertiary/aromatic N) is 2. The molecule has 1 aliphatic heterocycles. The van der Waals surface area contributed by atoms with Crippen molar-refractivity contribution < 1.29 is 9.59 Å². The van der Waals surface area contributed by atoms with E-state index in [1.807, 2.05) is 34.6 Å².